The van der Waals surface area contributed by atoms with Crippen molar-refractivity contribution in [2.24, 2.45) is 0 Å². The van der Waals surface area contributed by atoms with Crippen LogP contribution in [0.15, 0.2) is 63.8 Å². The van der Waals surface area contributed by atoms with Crippen molar-refractivity contribution in [3.8, 4) is 16.9 Å². The molecule has 0 bridgehead atoms. The van der Waals surface area contributed by atoms with Crippen LogP contribution in [-0.2, 0) is 35.7 Å². The molecule has 4 aromatic rings. The van der Waals surface area contributed by atoms with Gasteiger partial charge in [-0.15, -0.1) is 4.72 Å². The zero-order chi connectivity index (χ0) is 26.7. The van der Waals surface area contributed by atoms with E-state index in [2.05, 4.69) is 25.6 Å². The number of carboxylic acid groups (broad SMARTS) is 1. The van der Waals surface area contributed by atoms with Gasteiger partial charge in [0.25, 0.3) is 0 Å². The van der Waals surface area contributed by atoms with Gasteiger partial charge in [0.15, 0.2) is 5.82 Å². The Bertz CT molecular complexity index is 1440. The average molecular weight is 589 g/mol. The number of ether oxygens (including phenoxy) is 1. The number of hydrogen-bond acceptors (Lipinski definition) is 6. The Balaban J connectivity index is 1.65. The van der Waals surface area contributed by atoms with Crippen molar-refractivity contribution in [3.05, 3.63) is 82.0 Å². The van der Waals surface area contributed by atoms with Gasteiger partial charge in [0.2, 0.25) is 0 Å². The molecule has 2 heterocycles. The SMILES string of the molecule is CC(C)(C)[S@+]([O-])NCc1nccc(-c2cc(COc3cc(Br)ccc3CC(=O)O)cc3ccoc23)c1F. The van der Waals surface area contributed by atoms with E-state index in [4.69, 9.17) is 9.15 Å². The number of nitrogens with zero attached hydrogens (tertiary/aromatic N) is 1. The number of furan rings is 1. The van der Waals surface area contributed by atoms with Crippen LogP contribution in [0.1, 0.15) is 37.6 Å². The lowest BCUT2D eigenvalue weighted by Crippen LogP contribution is -2.39. The van der Waals surface area contributed by atoms with Crippen molar-refractivity contribution in [1.82, 2.24) is 9.71 Å². The van der Waals surface area contributed by atoms with Gasteiger partial charge in [0, 0.05) is 44.1 Å². The Hall–Kier alpha value is -2.92. The highest BCUT2D eigenvalue weighted by molar-refractivity contribution is 9.10. The minimum absolute atomic E-state index is 0.00287. The van der Waals surface area contributed by atoms with Crippen molar-refractivity contribution < 1.29 is 28.0 Å². The summed E-state index contributed by atoms with van der Waals surface area (Å²) >= 11 is 2.02. The zero-order valence-electron chi connectivity index (χ0n) is 20.5. The summed E-state index contributed by atoms with van der Waals surface area (Å²) in [5.74, 6) is -1.05. The predicted octanol–water partition coefficient (Wildman–Crippen LogP) is 6.15. The topological polar surface area (TPSA) is 108 Å². The third-order valence-corrected chi connectivity index (χ3v) is 7.57. The zero-order valence-corrected chi connectivity index (χ0v) is 22.9. The fourth-order valence-electron chi connectivity index (χ4n) is 3.73. The minimum Gasteiger partial charge on any atom is -0.598 e. The van der Waals surface area contributed by atoms with Gasteiger partial charge in [-0.05, 0) is 62.7 Å². The molecular weight excluding hydrogens is 563 g/mol. The highest BCUT2D eigenvalue weighted by atomic mass is 79.9. The molecule has 10 heteroatoms. The van der Waals surface area contributed by atoms with Crippen LogP contribution in [0.3, 0.4) is 0 Å². The normalized spacial score (nSPS) is 12.6. The summed E-state index contributed by atoms with van der Waals surface area (Å²) in [6, 6.07) is 12.2. The lowest BCUT2D eigenvalue weighted by Gasteiger charge is -2.23. The van der Waals surface area contributed by atoms with E-state index in [1.165, 1.54) is 12.5 Å². The van der Waals surface area contributed by atoms with E-state index >= 15 is 4.39 Å². The maximum Gasteiger partial charge on any atom is 0.307 e. The molecule has 0 spiro atoms. The standard InChI is InChI=1S/C27H26BrFN2O5S/c1-27(2,3)37(34)31-14-22-25(29)20(6-8-30-22)21-11-16(10-18-7-9-35-26(18)21)15-36-23-13-19(28)5-4-17(23)12-24(32)33/h4-11,13,31H,12,14-15H2,1-3H3,(H,32,33)/t37-/m0/s1. The van der Waals surface area contributed by atoms with Crippen molar-refractivity contribution in [2.45, 2.75) is 45.1 Å². The first-order valence-electron chi connectivity index (χ1n) is 11.4. The third kappa shape index (κ3) is 6.51. The van der Waals surface area contributed by atoms with Crippen LogP contribution in [-0.4, -0.2) is 25.4 Å². The van der Waals surface area contributed by atoms with E-state index in [-0.39, 0.29) is 25.3 Å². The van der Waals surface area contributed by atoms with Gasteiger partial charge in [-0.25, -0.2) is 4.39 Å². The molecule has 1 atom stereocenters. The summed E-state index contributed by atoms with van der Waals surface area (Å²) in [5.41, 5.74) is 2.77. The maximum absolute atomic E-state index is 15.6. The van der Waals surface area contributed by atoms with Gasteiger partial charge in [0.1, 0.15) is 22.7 Å². The number of rotatable bonds is 9. The summed E-state index contributed by atoms with van der Waals surface area (Å²) in [5, 5.41) is 9.98. The van der Waals surface area contributed by atoms with Crippen molar-refractivity contribution in [2.75, 3.05) is 0 Å². The van der Waals surface area contributed by atoms with Gasteiger partial charge in [-0.3, -0.25) is 9.78 Å². The Labute approximate surface area is 225 Å². The molecule has 37 heavy (non-hydrogen) atoms. The van der Waals surface area contributed by atoms with Gasteiger partial charge in [-0.2, -0.15) is 0 Å². The second-order valence-electron chi connectivity index (χ2n) is 9.41. The number of carbonyl (C=O) groups is 1. The maximum atomic E-state index is 15.6. The van der Waals surface area contributed by atoms with Crippen LogP contribution < -0.4 is 9.46 Å². The largest absolute Gasteiger partial charge is 0.598 e. The van der Waals surface area contributed by atoms with Gasteiger partial charge in [0.05, 0.1) is 24.9 Å². The number of benzene rings is 2. The van der Waals surface area contributed by atoms with Crippen molar-refractivity contribution in [3.63, 3.8) is 0 Å². The Morgan fingerprint density at radius 1 is 1.22 bits per heavy atom. The minimum atomic E-state index is -1.38. The first kappa shape index (κ1) is 27.1. The summed E-state index contributed by atoms with van der Waals surface area (Å²) < 4.78 is 42.7. The number of aromatic nitrogens is 1. The summed E-state index contributed by atoms with van der Waals surface area (Å²) in [6.45, 7) is 5.62. The van der Waals surface area contributed by atoms with E-state index < -0.39 is 27.9 Å². The number of fused-ring (bicyclic) bond motifs is 1. The third-order valence-electron chi connectivity index (χ3n) is 5.55. The van der Waals surface area contributed by atoms with Gasteiger partial charge >= 0.3 is 5.97 Å². The van der Waals surface area contributed by atoms with E-state index in [9.17, 15) is 14.5 Å². The molecule has 0 aliphatic heterocycles. The lowest BCUT2D eigenvalue weighted by molar-refractivity contribution is -0.136. The molecule has 2 aromatic heterocycles. The molecule has 0 fully saturated rings. The number of carboxylic acids is 1. The Morgan fingerprint density at radius 3 is 2.73 bits per heavy atom. The van der Waals surface area contributed by atoms with Crippen LogP contribution >= 0.6 is 15.9 Å². The predicted molar refractivity (Wildman–Crippen MR) is 144 cm³/mol. The second kappa shape index (κ2) is 11.2. The molecule has 0 saturated carbocycles. The number of pyridine rings is 1. The van der Waals surface area contributed by atoms with E-state index in [0.29, 0.717) is 28.0 Å². The molecule has 194 valence electrons. The van der Waals surface area contributed by atoms with Crippen molar-refractivity contribution in [1.29, 1.82) is 0 Å². The molecule has 4 rings (SSSR count). The smallest absolute Gasteiger partial charge is 0.307 e. The Kier molecular flexibility index (Phi) is 8.23. The molecule has 0 amide bonds. The number of hydrogen-bond donors (Lipinski definition) is 2. The van der Waals surface area contributed by atoms with Crippen LogP contribution in [0, 0.1) is 5.82 Å². The average Bonchev–Trinajstić information content (AvgIpc) is 3.31. The molecule has 0 radical (unpaired) electrons. The molecule has 0 saturated heterocycles. The molecule has 0 unspecified atom stereocenters. The molecule has 0 aliphatic rings. The molecule has 0 aliphatic carbocycles. The fraction of sp³-hybridized carbons (Fsp3) is 0.259. The lowest BCUT2D eigenvalue weighted by atomic mass is 10.00. The van der Waals surface area contributed by atoms with Crippen LogP contribution in [0.2, 0.25) is 0 Å². The Morgan fingerprint density at radius 2 is 2.00 bits per heavy atom. The van der Waals surface area contributed by atoms with Crippen molar-refractivity contribution >= 4 is 44.2 Å². The molecular formula is C27H26BrFN2O5S. The highest BCUT2D eigenvalue weighted by Crippen LogP contribution is 2.34. The second-order valence-corrected chi connectivity index (χ2v) is 12.4. The van der Waals surface area contributed by atoms with E-state index in [0.717, 1.165) is 15.4 Å². The summed E-state index contributed by atoms with van der Waals surface area (Å²) in [6.07, 6.45) is 2.87. The molecule has 2 N–H and O–H groups in total. The molecule has 2 aromatic carbocycles. The first-order chi connectivity index (χ1) is 17.5. The summed E-state index contributed by atoms with van der Waals surface area (Å²) in [7, 11) is 0. The molecule has 7 nitrogen and oxygen atoms in total. The fourth-order valence-corrected chi connectivity index (χ4v) is 4.77. The van der Waals surface area contributed by atoms with Crippen LogP contribution in [0.4, 0.5) is 4.39 Å². The van der Waals surface area contributed by atoms with Gasteiger partial charge < -0.3 is 18.8 Å². The number of halogens is 2. The quantitative estimate of drug-likeness (QED) is 0.226. The van der Waals surface area contributed by atoms with Crippen LogP contribution in [0.25, 0.3) is 22.1 Å². The van der Waals surface area contributed by atoms with Crippen LogP contribution in [0.5, 0.6) is 5.75 Å². The van der Waals surface area contributed by atoms with E-state index in [1.54, 1.807) is 36.4 Å². The first-order valence-corrected chi connectivity index (χ1v) is 13.4. The van der Waals surface area contributed by atoms with E-state index in [1.807, 2.05) is 26.8 Å². The summed E-state index contributed by atoms with van der Waals surface area (Å²) in [4.78, 5) is 15.4. The number of nitrogens with one attached hydrogen (secondary N) is 1. The van der Waals surface area contributed by atoms with Gasteiger partial charge in [-0.1, -0.05) is 22.0 Å². The monoisotopic (exact) mass is 588 g/mol. The number of aliphatic carboxylic acids is 1. The highest BCUT2D eigenvalue weighted by Gasteiger charge is 2.27.